The van der Waals surface area contributed by atoms with E-state index in [-0.39, 0.29) is 0 Å². The highest BCUT2D eigenvalue weighted by Gasteiger charge is 2.08. The molecule has 5 heteroatoms. The Kier molecular flexibility index (Phi) is 5.86. The van der Waals surface area contributed by atoms with Crippen LogP contribution in [0, 0.1) is 6.92 Å². The Hall–Kier alpha value is -1.20. The zero-order chi connectivity index (χ0) is 12.7. The number of nitrogens with zero attached hydrogens (tertiary/aromatic N) is 1. The van der Waals surface area contributed by atoms with Crippen molar-refractivity contribution < 1.29 is 4.74 Å². The minimum absolute atomic E-state index is 0.378. The molecule has 1 heterocycles. The van der Waals surface area contributed by atoms with Crippen LogP contribution >= 0.6 is 12.2 Å². The summed E-state index contributed by atoms with van der Waals surface area (Å²) >= 11 is 5.03. The fourth-order valence-electron chi connectivity index (χ4n) is 1.53. The SMILES string of the molecule is CCOCCCNc1nccc(C)c1C(N)=S. The molecule has 0 atom stereocenters. The molecule has 0 aromatic carbocycles. The van der Waals surface area contributed by atoms with Gasteiger partial charge in [-0.3, -0.25) is 0 Å². The predicted octanol–water partition coefficient (Wildman–Crippen LogP) is 1.86. The summed E-state index contributed by atoms with van der Waals surface area (Å²) in [6.07, 6.45) is 2.68. The molecule has 1 rings (SSSR count). The van der Waals surface area contributed by atoms with Crippen LogP contribution in [-0.4, -0.2) is 29.7 Å². The van der Waals surface area contributed by atoms with Gasteiger partial charge >= 0.3 is 0 Å². The number of thiocarbonyl (C=S) groups is 1. The fraction of sp³-hybridized carbons (Fsp3) is 0.500. The molecule has 0 saturated heterocycles. The summed E-state index contributed by atoms with van der Waals surface area (Å²) < 4.78 is 5.26. The molecule has 1 aromatic rings. The van der Waals surface area contributed by atoms with E-state index in [1.165, 1.54) is 0 Å². The highest BCUT2D eigenvalue weighted by Crippen LogP contribution is 2.16. The first-order valence-electron chi connectivity index (χ1n) is 5.73. The van der Waals surface area contributed by atoms with Gasteiger partial charge in [0.05, 0.1) is 5.56 Å². The van der Waals surface area contributed by atoms with Crippen molar-refractivity contribution in [1.29, 1.82) is 0 Å². The maximum atomic E-state index is 5.69. The summed E-state index contributed by atoms with van der Waals surface area (Å²) in [6.45, 7) is 6.26. The van der Waals surface area contributed by atoms with Gasteiger partial charge in [0, 0.05) is 26.0 Å². The number of rotatable bonds is 7. The Bertz CT molecular complexity index is 382. The van der Waals surface area contributed by atoms with Gasteiger partial charge in [0.15, 0.2) is 0 Å². The van der Waals surface area contributed by atoms with E-state index in [1.54, 1.807) is 6.20 Å². The Balaban J connectivity index is 2.58. The normalized spacial score (nSPS) is 10.2. The minimum atomic E-state index is 0.378. The van der Waals surface area contributed by atoms with Crippen molar-refractivity contribution in [2.75, 3.05) is 25.1 Å². The van der Waals surface area contributed by atoms with E-state index in [0.29, 0.717) is 4.99 Å². The van der Waals surface area contributed by atoms with E-state index in [9.17, 15) is 0 Å². The summed E-state index contributed by atoms with van der Waals surface area (Å²) in [6, 6.07) is 1.90. The van der Waals surface area contributed by atoms with Crippen molar-refractivity contribution >= 4 is 23.0 Å². The van der Waals surface area contributed by atoms with Gasteiger partial charge in [-0.05, 0) is 31.9 Å². The second-order valence-electron chi connectivity index (χ2n) is 3.69. The lowest BCUT2D eigenvalue weighted by Gasteiger charge is -2.12. The van der Waals surface area contributed by atoms with Crippen LogP contribution in [0.1, 0.15) is 24.5 Å². The van der Waals surface area contributed by atoms with Crippen LogP contribution in [0.15, 0.2) is 12.3 Å². The first kappa shape index (κ1) is 13.9. The molecule has 0 saturated carbocycles. The summed E-state index contributed by atoms with van der Waals surface area (Å²) in [5.41, 5.74) is 7.57. The van der Waals surface area contributed by atoms with Crippen LogP contribution < -0.4 is 11.1 Å². The van der Waals surface area contributed by atoms with Gasteiger partial charge in [0.2, 0.25) is 0 Å². The molecule has 4 nitrogen and oxygen atoms in total. The zero-order valence-corrected chi connectivity index (χ0v) is 11.1. The zero-order valence-electron chi connectivity index (χ0n) is 10.3. The number of hydrogen-bond acceptors (Lipinski definition) is 4. The molecule has 0 unspecified atom stereocenters. The average Bonchev–Trinajstić information content (AvgIpc) is 2.28. The lowest BCUT2D eigenvalue weighted by atomic mass is 10.1. The molecule has 0 aliphatic heterocycles. The van der Waals surface area contributed by atoms with E-state index in [1.807, 2.05) is 19.9 Å². The first-order valence-corrected chi connectivity index (χ1v) is 6.14. The third-order valence-electron chi connectivity index (χ3n) is 2.37. The number of nitrogens with two attached hydrogens (primary N) is 1. The van der Waals surface area contributed by atoms with Gasteiger partial charge in [-0.1, -0.05) is 12.2 Å². The molecule has 0 fully saturated rings. The van der Waals surface area contributed by atoms with Crippen LogP contribution in [0.4, 0.5) is 5.82 Å². The summed E-state index contributed by atoms with van der Waals surface area (Å²) in [7, 11) is 0. The summed E-state index contributed by atoms with van der Waals surface area (Å²) in [4.78, 5) is 4.64. The second-order valence-corrected chi connectivity index (χ2v) is 4.13. The second kappa shape index (κ2) is 7.19. The maximum Gasteiger partial charge on any atom is 0.136 e. The quantitative estimate of drug-likeness (QED) is 0.574. The third kappa shape index (κ3) is 4.28. The number of aromatic nitrogens is 1. The lowest BCUT2D eigenvalue weighted by molar-refractivity contribution is 0.147. The molecule has 0 aliphatic carbocycles. The maximum absolute atomic E-state index is 5.69. The monoisotopic (exact) mass is 253 g/mol. The number of aryl methyl sites for hydroxylation is 1. The molecular weight excluding hydrogens is 234 g/mol. The Morgan fingerprint density at radius 2 is 2.35 bits per heavy atom. The standard InChI is InChI=1S/C12H19N3OS/c1-3-16-8-4-6-14-12-10(11(13)17)9(2)5-7-15-12/h5,7H,3-4,6,8H2,1-2H3,(H2,13,17)(H,14,15). The number of hydrogen-bond donors (Lipinski definition) is 2. The van der Waals surface area contributed by atoms with Gasteiger partial charge in [-0.15, -0.1) is 0 Å². The highest BCUT2D eigenvalue weighted by atomic mass is 32.1. The van der Waals surface area contributed by atoms with Crippen LogP contribution in [0.5, 0.6) is 0 Å². The smallest absolute Gasteiger partial charge is 0.136 e. The molecule has 17 heavy (non-hydrogen) atoms. The molecule has 0 radical (unpaired) electrons. The van der Waals surface area contributed by atoms with Crippen LogP contribution in [0.2, 0.25) is 0 Å². The number of anilines is 1. The number of nitrogens with one attached hydrogen (secondary N) is 1. The average molecular weight is 253 g/mol. The number of pyridine rings is 1. The van der Waals surface area contributed by atoms with Gasteiger partial charge < -0.3 is 15.8 Å². The van der Waals surface area contributed by atoms with Gasteiger partial charge in [0.1, 0.15) is 10.8 Å². The van der Waals surface area contributed by atoms with E-state index >= 15 is 0 Å². The van der Waals surface area contributed by atoms with Crippen molar-refractivity contribution in [1.82, 2.24) is 4.98 Å². The Morgan fingerprint density at radius 3 is 3.00 bits per heavy atom. The fourth-order valence-corrected chi connectivity index (χ4v) is 1.79. The van der Waals surface area contributed by atoms with Crippen molar-refractivity contribution in [2.45, 2.75) is 20.3 Å². The minimum Gasteiger partial charge on any atom is -0.389 e. The molecule has 94 valence electrons. The van der Waals surface area contributed by atoms with Crippen molar-refractivity contribution in [3.63, 3.8) is 0 Å². The van der Waals surface area contributed by atoms with Gasteiger partial charge in [0.25, 0.3) is 0 Å². The molecule has 1 aromatic heterocycles. The largest absolute Gasteiger partial charge is 0.389 e. The van der Waals surface area contributed by atoms with Crippen LogP contribution in [0.3, 0.4) is 0 Å². The van der Waals surface area contributed by atoms with Gasteiger partial charge in [-0.2, -0.15) is 0 Å². The predicted molar refractivity (Wildman–Crippen MR) is 74.5 cm³/mol. The Morgan fingerprint density at radius 1 is 1.59 bits per heavy atom. The van der Waals surface area contributed by atoms with E-state index in [2.05, 4.69) is 10.3 Å². The van der Waals surface area contributed by atoms with Crippen molar-refractivity contribution in [2.24, 2.45) is 5.73 Å². The molecule has 0 spiro atoms. The van der Waals surface area contributed by atoms with E-state index in [0.717, 1.165) is 43.1 Å². The van der Waals surface area contributed by atoms with Crippen LogP contribution in [0.25, 0.3) is 0 Å². The molecule has 0 aliphatic rings. The van der Waals surface area contributed by atoms with Crippen molar-refractivity contribution in [3.8, 4) is 0 Å². The van der Waals surface area contributed by atoms with E-state index in [4.69, 9.17) is 22.7 Å². The first-order chi connectivity index (χ1) is 8.16. The topological polar surface area (TPSA) is 60.2 Å². The molecular formula is C12H19N3OS. The summed E-state index contributed by atoms with van der Waals surface area (Å²) in [5, 5.41) is 3.24. The molecule has 0 amide bonds. The van der Waals surface area contributed by atoms with E-state index < -0.39 is 0 Å². The van der Waals surface area contributed by atoms with Gasteiger partial charge in [-0.25, -0.2) is 4.98 Å². The van der Waals surface area contributed by atoms with Crippen molar-refractivity contribution in [3.05, 3.63) is 23.4 Å². The molecule has 3 N–H and O–H groups in total. The lowest BCUT2D eigenvalue weighted by Crippen LogP contribution is -2.17. The van der Waals surface area contributed by atoms with Crippen LogP contribution in [-0.2, 0) is 4.74 Å². The number of ether oxygens (including phenoxy) is 1. The molecule has 0 bridgehead atoms. The Labute approximate surface area is 108 Å². The highest BCUT2D eigenvalue weighted by molar-refractivity contribution is 7.80. The summed E-state index contributed by atoms with van der Waals surface area (Å²) in [5.74, 6) is 0.758. The third-order valence-corrected chi connectivity index (χ3v) is 2.57.